The summed E-state index contributed by atoms with van der Waals surface area (Å²) in [6.07, 6.45) is -0.914. The van der Waals surface area contributed by atoms with Gasteiger partial charge in [0.2, 0.25) is 0 Å². The number of furan rings is 1. The highest BCUT2D eigenvalue weighted by atomic mass is 19.4. The predicted molar refractivity (Wildman–Crippen MR) is 102 cm³/mol. The smallest absolute Gasteiger partial charge is 0.401 e. The summed E-state index contributed by atoms with van der Waals surface area (Å²) in [5, 5.41) is 3.35. The van der Waals surface area contributed by atoms with Gasteiger partial charge in [-0.3, -0.25) is 9.89 Å². The minimum absolute atomic E-state index is 0.196. The molecule has 2 rings (SSSR count). The molecule has 28 heavy (non-hydrogen) atoms. The van der Waals surface area contributed by atoms with E-state index in [1.165, 1.54) is 4.90 Å². The van der Waals surface area contributed by atoms with Crippen LogP contribution in [0.15, 0.2) is 27.8 Å². The second-order valence-corrected chi connectivity index (χ2v) is 7.00. The van der Waals surface area contributed by atoms with Crippen molar-refractivity contribution in [3.63, 3.8) is 0 Å². The minimum Gasteiger partial charge on any atom is -0.469 e. The van der Waals surface area contributed by atoms with Crippen molar-refractivity contribution >= 4 is 5.96 Å². The summed E-state index contributed by atoms with van der Waals surface area (Å²) in [6.45, 7) is 4.99. The second kappa shape index (κ2) is 11.3. The third-order valence-corrected chi connectivity index (χ3v) is 4.74. The van der Waals surface area contributed by atoms with Crippen molar-refractivity contribution in [2.45, 2.75) is 25.9 Å². The number of nitrogens with zero attached hydrogens (tertiary/aromatic N) is 3. The summed E-state index contributed by atoms with van der Waals surface area (Å²) in [5.41, 5.74) is 0. The third kappa shape index (κ3) is 8.10. The van der Waals surface area contributed by atoms with Crippen LogP contribution in [0.25, 0.3) is 0 Å². The van der Waals surface area contributed by atoms with Crippen LogP contribution in [0.4, 0.5) is 13.2 Å². The van der Waals surface area contributed by atoms with Gasteiger partial charge in [-0.25, -0.2) is 0 Å². The third-order valence-electron chi connectivity index (χ3n) is 4.74. The monoisotopic (exact) mass is 404 g/mol. The number of likely N-dealkylation sites (tertiary alicyclic amines) is 1. The number of guanidine groups is 1. The van der Waals surface area contributed by atoms with E-state index in [0.717, 1.165) is 31.1 Å². The first kappa shape index (κ1) is 22.5. The van der Waals surface area contributed by atoms with Crippen molar-refractivity contribution in [3.8, 4) is 0 Å². The highest BCUT2D eigenvalue weighted by Crippen LogP contribution is 2.21. The van der Waals surface area contributed by atoms with Gasteiger partial charge in [0.1, 0.15) is 5.76 Å². The van der Waals surface area contributed by atoms with Gasteiger partial charge in [-0.05, 0) is 31.0 Å². The summed E-state index contributed by atoms with van der Waals surface area (Å²) in [7, 11) is 1.63. The number of hydrogen-bond donors (Lipinski definition) is 1. The molecule has 9 heteroatoms. The molecule has 0 aromatic carbocycles. The van der Waals surface area contributed by atoms with Crippen LogP contribution in [0.2, 0.25) is 0 Å². The van der Waals surface area contributed by atoms with Crippen LogP contribution in [-0.4, -0.2) is 81.5 Å². The zero-order chi connectivity index (χ0) is 20.4. The quantitative estimate of drug-likeness (QED) is 0.369. The Morgan fingerprint density at radius 2 is 2.29 bits per heavy atom. The molecular weight excluding hydrogens is 373 g/mol. The largest absolute Gasteiger partial charge is 0.469 e. The lowest BCUT2D eigenvalue weighted by molar-refractivity contribution is -0.146. The zero-order valence-corrected chi connectivity index (χ0v) is 16.7. The molecule has 1 unspecified atom stereocenters. The Balaban J connectivity index is 1.87. The van der Waals surface area contributed by atoms with Crippen LogP contribution < -0.4 is 5.32 Å². The van der Waals surface area contributed by atoms with Crippen LogP contribution in [0.1, 0.15) is 19.1 Å². The average molecular weight is 404 g/mol. The molecule has 1 atom stereocenters. The van der Waals surface area contributed by atoms with Gasteiger partial charge in [-0.15, -0.1) is 0 Å². The number of ether oxygens (including phenoxy) is 1. The highest BCUT2D eigenvalue weighted by Gasteiger charge is 2.33. The lowest BCUT2D eigenvalue weighted by Crippen LogP contribution is -2.42. The summed E-state index contributed by atoms with van der Waals surface area (Å²) >= 11 is 0. The Morgan fingerprint density at radius 3 is 2.93 bits per heavy atom. The van der Waals surface area contributed by atoms with Gasteiger partial charge >= 0.3 is 6.18 Å². The Labute approximate surface area is 164 Å². The molecule has 1 aliphatic rings. The SMILES string of the molecule is CCN(CC1CCN(C(=NCCOC)NCCc2ccco2)C1)CC(F)(F)F. The molecular formula is C19H31F3N4O2. The van der Waals surface area contributed by atoms with Gasteiger partial charge in [0.15, 0.2) is 5.96 Å². The van der Waals surface area contributed by atoms with Crippen molar-refractivity contribution in [3.05, 3.63) is 24.2 Å². The van der Waals surface area contributed by atoms with Crippen molar-refractivity contribution in [1.82, 2.24) is 15.1 Å². The number of halogens is 3. The maximum absolute atomic E-state index is 12.7. The van der Waals surface area contributed by atoms with E-state index in [4.69, 9.17) is 9.15 Å². The molecule has 1 aromatic heterocycles. The van der Waals surface area contributed by atoms with Crippen molar-refractivity contribution < 1.29 is 22.3 Å². The first-order valence-corrected chi connectivity index (χ1v) is 9.75. The highest BCUT2D eigenvalue weighted by molar-refractivity contribution is 5.80. The number of methoxy groups -OCH3 is 1. The van der Waals surface area contributed by atoms with Crippen molar-refractivity contribution in [2.75, 3.05) is 59.5 Å². The van der Waals surface area contributed by atoms with Gasteiger partial charge < -0.3 is 19.4 Å². The predicted octanol–water partition coefficient (Wildman–Crippen LogP) is 2.62. The molecule has 0 saturated carbocycles. The Hall–Kier alpha value is -1.74. The van der Waals surface area contributed by atoms with E-state index in [0.29, 0.717) is 39.3 Å². The summed E-state index contributed by atoms with van der Waals surface area (Å²) in [4.78, 5) is 8.19. The fourth-order valence-corrected chi connectivity index (χ4v) is 3.36. The molecule has 1 aromatic rings. The second-order valence-electron chi connectivity index (χ2n) is 7.00. The van der Waals surface area contributed by atoms with E-state index >= 15 is 0 Å². The number of alkyl halides is 3. The number of nitrogens with one attached hydrogen (secondary N) is 1. The van der Waals surface area contributed by atoms with E-state index < -0.39 is 12.7 Å². The van der Waals surface area contributed by atoms with Crippen molar-refractivity contribution in [1.29, 1.82) is 0 Å². The minimum atomic E-state index is -4.16. The zero-order valence-electron chi connectivity index (χ0n) is 16.7. The molecule has 0 aliphatic carbocycles. The maximum atomic E-state index is 12.7. The molecule has 0 radical (unpaired) electrons. The topological polar surface area (TPSA) is 53.2 Å². The summed E-state index contributed by atoms with van der Waals surface area (Å²) in [6, 6.07) is 3.78. The van der Waals surface area contributed by atoms with Crippen LogP contribution in [0.3, 0.4) is 0 Å². The molecule has 1 N–H and O–H groups in total. The molecule has 1 fully saturated rings. The fourth-order valence-electron chi connectivity index (χ4n) is 3.36. The Bertz CT molecular complexity index is 578. The molecule has 2 heterocycles. The van der Waals surface area contributed by atoms with Gasteiger partial charge in [0.25, 0.3) is 0 Å². The summed E-state index contributed by atoms with van der Waals surface area (Å²) < 4.78 is 48.5. The van der Waals surface area contributed by atoms with Crippen molar-refractivity contribution in [2.24, 2.45) is 10.9 Å². The Kier molecular flexibility index (Phi) is 9.11. The normalized spacial score (nSPS) is 18.3. The lowest BCUT2D eigenvalue weighted by Gasteiger charge is -2.26. The first-order chi connectivity index (χ1) is 13.4. The van der Waals surface area contributed by atoms with Gasteiger partial charge in [-0.1, -0.05) is 6.92 Å². The van der Waals surface area contributed by atoms with E-state index in [-0.39, 0.29) is 5.92 Å². The first-order valence-electron chi connectivity index (χ1n) is 9.75. The molecule has 6 nitrogen and oxygen atoms in total. The molecule has 160 valence electrons. The van der Waals surface area contributed by atoms with Gasteiger partial charge in [0.05, 0.1) is 26.0 Å². The number of rotatable bonds is 10. The molecule has 1 saturated heterocycles. The number of hydrogen-bond acceptors (Lipinski definition) is 4. The van der Waals surface area contributed by atoms with E-state index in [1.54, 1.807) is 20.3 Å². The van der Waals surface area contributed by atoms with E-state index in [9.17, 15) is 13.2 Å². The Morgan fingerprint density at radius 1 is 1.46 bits per heavy atom. The standard InChI is InChI=1S/C19H31F3N4O2/c1-3-25(15-19(20,21)22)13-16-7-10-26(14-16)18(24-9-12-27-2)23-8-6-17-5-4-11-28-17/h4-5,11,16H,3,6-10,12-15H2,1-2H3,(H,23,24). The van der Waals surface area contributed by atoms with E-state index in [2.05, 4.69) is 15.2 Å². The lowest BCUT2D eigenvalue weighted by atomic mass is 10.1. The van der Waals surface area contributed by atoms with Gasteiger partial charge in [-0.2, -0.15) is 13.2 Å². The molecule has 0 spiro atoms. The van der Waals surface area contributed by atoms with Crippen LogP contribution >= 0.6 is 0 Å². The molecule has 0 amide bonds. The summed E-state index contributed by atoms with van der Waals surface area (Å²) in [5.74, 6) is 1.88. The fraction of sp³-hybridized carbons (Fsp3) is 0.737. The van der Waals surface area contributed by atoms with Gasteiger partial charge in [0, 0.05) is 39.7 Å². The van der Waals surface area contributed by atoms with Crippen LogP contribution in [-0.2, 0) is 11.2 Å². The van der Waals surface area contributed by atoms with Crippen LogP contribution in [0.5, 0.6) is 0 Å². The maximum Gasteiger partial charge on any atom is 0.401 e. The molecule has 0 bridgehead atoms. The van der Waals surface area contributed by atoms with E-state index in [1.807, 2.05) is 12.1 Å². The van der Waals surface area contributed by atoms with Crippen LogP contribution in [0, 0.1) is 5.92 Å². The average Bonchev–Trinajstić information content (AvgIpc) is 3.31. The number of aliphatic imine (C=N–C) groups is 1. The molecule has 1 aliphatic heterocycles.